The molecule has 23 heavy (non-hydrogen) atoms. The van der Waals surface area contributed by atoms with Crippen molar-refractivity contribution in [3.63, 3.8) is 0 Å². The second kappa shape index (κ2) is 7.85. The van der Waals surface area contributed by atoms with Crippen molar-refractivity contribution in [2.45, 2.75) is 6.92 Å². The minimum Gasteiger partial charge on any atom is -0.395 e. The Bertz CT molecular complexity index is 595. The second-order valence-corrected chi connectivity index (χ2v) is 5.45. The van der Waals surface area contributed by atoms with Gasteiger partial charge in [0.15, 0.2) is 5.78 Å². The minimum absolute atomic E-state index is 0.0842. The Labute approximate surface area is 134 Å². The second-order valence-electron chi connectivity index (χ2n) is 5.45. The lowest BCUT2D eigenvalue weighted by Gasteiger charge is -2.33. The molecule has 0 aromatic heterocycles. The number of β-amino-alcohol motifs (C(OH)–C–C–N with tert-alkyl or cyclic N) is 1. The fourth-order valence-electron chi connectivity index (χ4n) is 2.46. The van der Waals surface area contributed by atoms with Gasteiger partial charge in [-0.15, -0.1) is 0 Å². The average Bonchev–Trinajstić information content (AvgIpc) is 2.55. The molecule has 0 unspecified atom stereocenters. The summed E-state index contributed by atoms with van der Waals surface area (Å²) in [6, 6.07) is 6.49. The van der Waals surface area contributed by atoms with Crippen molar-refractivity contribution >= 4 is 23.3 Å². The average molecular weight is 319 g/mol. The lowest BCUT2D eigenvalue weighted by atomic mass is 10.1. The van der Waals surface area contributed by atoms with Gasteiger partial charge in [-0.3, -0.25) is 19.3 Å². The molecule has 1 heterocycles. The van der Waals surface area contributed by atoms with Crippen LogP contribution in [0.15, 0.2) is 24.3 Å². The van der Waals surface area contributed by atoms with Gasteiger partial charge in [-0.2, -0.15) is 0 Å². The molecule has 0 bridgehead atoms. The molecule has 0 spiro atoms. The third kappa shape index (κ3) is 4.61. The first-order valence-electron chi connectivity index (χ1n) is 7.55. The van der Waals surface area contributed by atoms with Gasteiger partial charge in [0.05, 0.1) is 6.61 Å². The van der Waals surface area contributed by atoms with Crippen LogP contribution in [0, 0.1) is 0 Å². The highest BCUT2D eigenvalue weighted by atomic mass is 16.3. The molecule has 2 rings (SSSR count). The van der Waals surface area contributed by atoms with Crippen molar-refractivity contribution in [1.29, 1.82) is 0 Å². The standard InChI is InChI=1S/C16H21N3O4/c1-12(21)13-3-2-4-14(11-13)17-15(22)16(23)19-7-5-18(6-8-19)9-10-20/h2-4,11,20H,5-10H2,1H3,(H,17,22). The third-order valence-corrected chi connectivity index (χ3v) is 3.80. The molecule has 2 amide bonds. The predicted octanol–water partition coefficient (Wildman–Crippen LogP) is -0.0358. The SMILES string of the molecule is CC(=O)c1cccc(NC(=O)C(=O)N2CCN(CCO)CC2)c1. The molecule has 2 N–H and O–H groups in total. The number of carbonyl (C=O) groups excluding carboxylic acids is 3. The van der Waals surface area contributed by atoms with Gasteiger partial charge in [-0.25, -0.2) is 0 Å². The van der Waals surface area contributed by atoms with E-state index in [0.29, 0.717) is 44.0 Å². The monoisotopic (exact) mass is 319 g/mol. The third-order valence-electron chi connectivity index (χ3n) is 3.80. The molecule has 0 atom stereocenters. The minimum atomic E-state index is -0.707. The number of aliphatic hydroxyl groups is 1. The van der Waals surface area contributed by atoms with E-state index in [1.54, 1.807) is 24.3 Å². The zero-order valence-electron chi connectivity index (χ0n) is 13.1. The van der Waals surface area contributed by atoms with Crippen molar-refractivity contribution in [2.24, 2.45) is 0 Å². The Balaban J connectivity index is 1.92. The van der Waals surface area contributed by atoms with Crippen molar-refractivity contribution in [3.8, 4) is 0 Å². The van der Waals surface area contributed by atoms with E-state index in [2.05, 4.69) is 5.32 Å². The number of nitrogens with one attached hydrogen (secondary N) is 1. The Morgan fingerprint density at radius 2 is 1.87 bits per heavy atom. The summed E-state index contributed by atoms with van der Waals surface area (Å²) < 4.78 is 0. The smallest absolute Gasteiger partial charge is 0.313 e. The molecule has 1 aromatic carbocycles. The van der Waals surface area contributed by atoms with Crippen molar-refractivity contribution in [3.05, 3.63) is 29.8 Å². The summed E-state index contributed by atoms with van der Waals surface area (Å²) in [5.41, 5.74) is 0.905. The molecule has 0 saturated carbocycles. The van der Waals surface area contributed by atoms with E-state index in [9.17, 15) is 14.4 Å². The highest BCUT2D eigenvalue weighted by Crippen LogP contribution is 2.12. The quantitative estimate of drug-likeness (QED) is 0.600. The van der Waals surface area contributed by atoms with Crippen molar-refractivity contribution in [1.82, 2.24) is 9.80 Å². The first-order chi connectivity index (χ1) is 11.0. The van der Waals surface area contributed by atoms with Gasteiger partial charge in [0, 0.05) is 44.0 Å². The van der Waals surface area contributed by atoms with Gasteiger partial charge in [0.2, 0.25) is 0 Å². The van der Waals surface area contributed by atoms with Gasteiger partial charge >= 0.3 is 11.8 Å². The van der Waals surface area contributed by atoms with Gasteiger partial charge in [0.25, 0.3) is 0 Å². The van der Waals surface area contributed by atoms with Crippen LogP contribution in [0.4, 0.5) is 5.69 Å². The molecule has 1 saturated heterocycles. The number of nitrogens with zero attached hydrogens (tertiary/aromatic N) is 2. The van der Waals surface area contributed by atoms with Crippen molar-refractivity contribution < 1.29 is 19.5 Å². The number of aliphatic hydroxyl groups excluding tert-OH is 1. The van der Waals surface area contributed by atoms with E-state index in [1.165, 1.54) is 11.8 Å². The maximum atomic E-state index is 12.2. The van der Waals surface area contributed by atoms with Crippen LogP contribution >= 0.6 is 0 Å². The lowest BCUT2D eigenvalue weighted by molar-refractivity contribution is -0.144. The Kier molecular flexibility index (Phi) is 5.84. The number of Topliss-reactive ketones (excluding diaryl/α,β-unsaturated/α-hetero) is 1. The molecule has 124 valence electrons. The molecule has 1 aliphatic heterocycles. The number of hydrogen-bond acceptors (Lipinski definition) is 5. The molecule has 1 aliphatic rings. The van der Waals surface area contributed by atoms with Crippen LogP contribution in [0.2, 0.25) is 0 Å². The number of benzene rings is 1. The van der Waals surface area contributed by atoms with Crippen LogP contribution in [0.1, 0.15) is 17.3 Å². The van der Waals surface area contributed by atoms with E-state index in [-0.39, 0.29) is 12.4 Å². The first-order valence-corrected chi connectivity index (χ1v) is 7.55. The Morgan fingerprint density at radius 1 is 1.17 bits per heavy atom. The van der Waals surface area contributed by atoms with Crippen molar-refractivity contribution in [2.75, 3.05) is 44.6 Å². The van der Waals surface area contributed by atoms with Gasteiger partial charge in [-0.05, 0) is 19.1 Å². The number of piperazine rings is 1. The number of anilines is 1. The Hall–Kier alpha value is -2.25. The van der Waals surface area contributed by atoms with Gasteiger partial charge in [-0.1, -0.05) is 12.1 Å². The van der Waals surface area contributed by atoms with Crippen LogP contribution in [0.5, 0.6) is 0 Å². The molecular weight excluding hydrogens is 298 g/mol. The van der Waals surface area contributed by atoms with Crippen LogP contribution in [-0.4, -0.2) is 71.8 Å². The summed E-state index contributed by atoms with van der Waals surface area (Å²) in [6.07, 6.45) is 0. The van der Waals surface area contributed by atoms with E-state index in [4.69, 9.17) is 5.11 Å². The summed E-state index contributed by atoms with van der Waals surface area (Å²) in [5, 5.41) is 11.4. The van der Waals surface area contributed by atoms with Crippen LogP contribution in [0.3, 0.4) is 0 Å². The maximum absolute atomic E-state index is 12.2. The summed E-state index contributed by atoms with van der Waals surface area (Å²) in [4.78, 5) is 39.1. The van der Waals surface area contributed by atoms with Crippen LogP contribution < -0.4 is 5.32 Å². The number of rotatable bonds is 4. The molecule has 0 radical (unpaired) electrons. The predicted molar refractivity (Wildman–Crippen MR) is 85.2 cm³/mol. The molecule has 7 heteroatoms. The first kappa shape index (κ1) is 17.1. The molecule has 1 aromatic rings. The topological polar surface area (TPSA) is 90.0 Å². The molecule has 0 aliphatic carbocycles. The lowest BCUT2D eigenvalue weighted by Crippen LogP contribution is -2.52. The highest BCUT2D eigenvalue weighted by Gasteiger charge is 2.25. The van der Waals surface area contributed by atoms with E-state index in [0.717, 1.165) is 0 Å². The normalized spacial score (nSPS) is 15.3. The Morgan fingerprint density at radius 3 is 2.48 bits per heavy atom. The number of ketones is 1. The summed E-state index contributed by atoms with van der Waals surface area (Å²) in [6.45, 7) is 4.29. The largest absolute Gasteiger partial charge is 0.395 e. The summed E-state index contributed by atoms with van der Waals surface area (Å²) in [5.74, 6) is -1.39. The number of hydrogen-bond donors (Lipinski definition) is 2. The fourth-order valence-corrected chi connectivity index (χ4v) is 2.46. The van der Waals surface area contributed by atoms with E-state index in [1.807, 2.05) is 4.90 Å². The van der Waals surface area contributed by atoms with Crippen LogP contribution in [-0.2, 0) is 9.59 Å². The summed E-state index contributed by atoms with van der Waals surface area (Å²) >= 11 is 0. The number of carbonyl (C=O) groups is 3. The molecular formula is C16H21N3O4. The van der Waals surface area contributed by atoms with E-state index >= 15 is 0 Å². The van der Waals surface area contributed by atoms with Gasteiger partial charge in [0.1, 0.15) is 0 Å². The van der Waals surface area contributed by atoms with Crippen LogP contribution in [0.25, 0.3) is 0 Å². The number of amides is 2. The van der Waals surface area contributed by atoms with E-state index < -0.39 is 11.8 Å². The zero-order valence-corrected chi connectivity index (χ0v) is 13.1. The summed E-state index contributed by atoms with van der Waals surface area (Å²) in [7, 11) is 0. The highest BCUT2D eigenvalue weighted by molar-refractivity contribution is 6.39. The zero-order chi connectivity index (χ0) is 16.8. The van der Waals surface area contributed by atoms with Gasteiger partial charge < -0.3 is 15.3 Å². The molecule has 7 nitrogen and oxygen atoms in total. The fraction of sp³-hybridized carbons (Fsp3) is 0.438. The maximum Gasteiger partial charge on any atom is 0.313 e. The molecule has 1 fully saturated rings.